The molecule has 2 heterocycles. The molecule has 3 rings (SSSR count). The topological polar surface area (TPSA) is 95.5 Å². The van der Waals surface area contributed by atoms with Gasteiger partial charge in [-0.2, -0.15) is 0 Å². The van der Waals surface area contributed by atoms with Crippen molar-refractivity contribution >= 4 is 22.6 Å². The van der Waals surface area contributed by atoms with Gasteiger partial charge in [-0.15, -0.1) is 0 Å². The maximum atomic E-state index is 12.5. The fourth-order valence-electron chi connectivity index (χ4n) is 3.13. The van der Waals surface area contributed by atoms with Crippen LogP contribution in [0.25, 0.3) is 10.8 Å². The lowest BCUT2D eigenvalue weighted by atomic mass is 10.1. The molecule has 0 atom stereocenters. The lowest BCUT2D eigenvalue weighted by molar-refractivity contribution is -0.141. The Labute approximate surface area is 150 Å². The molecule has 1 aromatic heterocycles. The Balaban J connectivity index is 1.73. The molecule has 1 aliphatic heterocycles. The highest BCUT2D eigenvalue weighted by atomic mass is 16.2. The van der Waals surface area contributed by atoms with Crippen LogP contribution in [-0.4, -0.2) is 57.6 Å². The van der Waals surface area contributed by atoms with Crippen LogP contribution in [0.5, 0.6) is 0 Å². The Morgan fingerprint density at radius 2 is 1.58 bits per heavy atom. The first-order valence-electron chi connectivity index (χ1n) is 8.67. The highest BCUT2D eigenvalue weighted by Gasteiger charge is 2.25. The number of H-pyrrole nitrogens is 1. The van der Waals surface area contributed by atoms with E-state index in [0.29, 0.717) is 31.6 Å². The molecular weight excluding hydrogens is 336 g/mol. The van der Waals surface area contributed by atoms with Crippen molar-refractivity contribution in [1.82, 2.24) is 19.6 Å². The summed E-state index contributed by atoms with van der Waals surface area (Å²) in [5, 5.41) is 3.06. The molecule has 1 saturated heterocycles. The summed E-state index contributed by atoms with van der Waals surface area (Å²) in [6.07, 6.45) is 0. The first kappa shape index (κ1) is 17.9. The van der Waals surface area contributed by atoms with Crippen LogP contribution in [0.4, 0.5) is 0 Å². The highest BCUT2D eigenvalue weighted by molar-refractivity contribution is 5.81. The second kappa shape index (κ2) is 7.15. The predicted molar refractivity (Wildman–Crippen MR) is 96.8 cm³/mol. The van der Waals surface area contributed by atoms with E-state index in [0.717, 1.165) is 4.68 Å². The molecule has 26 heavy (non-hydrogen) atoms. The van der Waals surface area contributed by atoms with E-state index in [9.17, 15) is 19.2 Å². The molecule has 2 aromatic rings. The third-order valence-electron chi connectivity index (χ3n) is 4.62. The lowest BCUT2D eigenvalue weighted by Crippen LogP contribution is -2.52. The van der Waals surface area contributed by atoms with E-state index in [1.165, 1.54) is 0 Å². The Morgan fingerprint density at radius 3 is 2.19 bits per heavy atom. The Bertz CT molecular complexity index is 952. The lowest BCUT2D eigenvalue weighted by Gasteiger charge is -2.35. The zero-order valence-electron chi connectivity index (χ0n) is 14.9. The third-order valence-corrected chi connectivity index (χ3v) is 4.62. The van der Waals surface area contributed by atoms with Gasteiger partial charge in [-0.25, -0.2) is 4.68 Å². The number of aromatic amines is 1. The van der Waals surface area contributed by atoms with Crippen LogP contribution in [0.2, 0.25) is 0 Å². The summed E-state index contributed by atoms with van der Waals surface area (Å²) in [5.74, 6) is -0.250. The van der Waals surface area contributed by atoms with Crippen molar-refractivity contribution in [3.05, 3.63) is 45.0 Å². The van der Waals surface area contributed by atoms with Crippen LogP contribution in [0.15, 0.2) is 33.9 Å². The Hall–Kier alpha value is -2.90. The normalized spacial score (nSPS) is 14.9. The zero-order valence-corrected chi connectivity index (χ0v) is 14.9. The summed E-state index contributed by atoms with van der Waals surface area (Å²) in [7, 11) is 0. The molecule has 1 aliphatic rings. The van der Waals surface area contributed by atoms with Gasteiger partial charge in [0.1, 0.15) is 6.54 Å². The minimum Gasteiger partial charge on any atom is -0.339 e. The van der Waals surface area contributed by atoms with Crippen molar-refractivity contribution in [2.45, 2.75) is 20.4 Å². The molecule has 0 radical (unpaired) electrons. The highest BCUT2D eigenvalue weighted by Crippen LogP contribution is 2.08. The molecule has 1 aromatic carbocycles. The minimum atomic E-state index is -0.402. The largest absolute Gasteiger partial charge is 0.339 e. The number of fused-ring (bicyclic) bond motifs is 1. The molecule has 0 spiro atoms. The van der Waals surface area contributed by atoms with Crippen molar-refractivity contribution < 1.29 is 9.59 Å². The summed E-state index contributed by atoms with van der Waals surface area (Å²) in [5.41, 5.74) is -0.803. The molecule has 8 heteroatoms. The number of benzene rings is 1. The molecule has 8 nitrogen and oxygen atoms in total. The van der Waals surface area contributed by atoms with Gasteiger partial charge in [0.05, 0.1) is 10.8 Å². The van der Waals surface area contributed by atoms with Gasteiger partial charge in [-0.1, -0.05) is 26.0 Å². The second-order valence-electron chi connectivity index (χ2n) is 6.74. The average molecular weight is 358 g/mol. The van der Waals surface area contributed by atoms with Gasteiger partial charge < -0.3 is 9.80 Å². The predicted octanol–water partition coefficient (Wildman–Crippen LogP) is 0.0166. The van der Waals surface area contributed by atoms with Crippen molar-refractivity contribution in [2.24, 2.45) is 5.92 Å². The molecule has 1 fully saturated rings. The minimum absolute atomic E-state index is 0.0708. The van der Waals surface area contributed by atoms with E-state index >= 15 is 0 Å². The summed E-state index contributed by atoms with van der Waals surface area (Å²) in [6.45, 7) is 5.27. The molecule has 0 unspecified atom stereocenters. The standard InChI is InChI=1S/C18H22N4O4/c1-12(2)17(25)21-9-7-20(8-10-21)15(23)11-22-18(26)14-6-4-3-5-13(14)16(24)19-22/h3-6,12H,7-11H2,1-2H3,(H,19,24). The first-order valence-corrected chi connectivity index (χ1v) is 8.67. The first-order chi connectivity index (χ1) is 12.4. The average Bonchev–Trinajstić information content (AvgIpc) is 2.65. The van der Waals surface area contributed by atoms with Crippen molar-refractivity contribution in [3.8, 4) is 0 Å². The van der Waals surface area contributed by atoms with Crippen molar-refractivity contribution in [1.29, 1.82) is 0 Å². The van der Waals surface area contributed by atoms with E-state index in [-0.39, 0.29) is 29.7 Å². The number of hydrogen-bond donors (Lipinski definition) is 1. The van der Waals surface area contributed by atoms with Crippen LogP contribution in [-0.2, 0) is 16.1 Å². The Morgan fingerprint density at radius 1 is 1.00 bits per heavy atom. The van der Waals surface area contributed by atoms with Crippen molar-refractivity contribution in [3.63, 3.8) is 0 Å². The summed E-state index contributed by atoms with van der Waals surface area (Å²) in [4.78, 5) is 52.5. The van der Waals surface area contributed by atoms with Gasteiger partial charge in [0.25, 0.3) is 11.1 Å². The number of carbonyl (C=O) groups excluding carboxylic acids is 2. The summed E-state index contributed by atoms with van der Waals surface area (Å²) in [6, 6.07) is 6.52. The molecule has 0 saturated carbocycles. The molecule has 1 N–H and O–H groups in total. The monoisotopic (exact) mass is 358 g/mol. The smallest absolute Gasteiger partial charge is 0.273 e. The number of piperazine rings is 1. The molecule has 0 aliphatic carbocycles. The third kappa shape index (κ3) is 3.40. The van der Waals surface area contributed by atoms with Gasteiger partial charge in [0, 0.05) is 32.1 Å². The maximum Gasteiger partial charge on any atom is 0.273 e. The van der Waals surface area contributed by atoms with E-state index in [2.05, 4.69) is 5.10 Å². The quantitative estimate of drug-likeness (QED) is 0.836. The fraction of sp³-hybridized carbons (Fsp3) is 0.444. The van der Waals surface area contributed by atoms with Gasteiger partial charge >= 0.3 is 0 Å². The SMILES string of the molecule is CC(C)C(=O)N1CCN(C(=O)Cn2[nH]c(=O)c3ccccc3c2=O)CC1. The number of rotatable bonds is 3. The van der Waals surface area contributed by atoms with Gasteiger partial charge in [0.2, 0.25) is 11.8 Å². The van der Waals surface area contributed by atoms with Gasteiger partial charge in [-0.3, -0.25) is 24.3 Å². The fourth-order valence-corrected chi connectivity index (χ4v) is 3.13. The van der Waals surface area contributed by atoms with Crippen LogP contribution in [0.1, 0.15) is 13.8 Å². The molecule has 0 bridgehead atoms. The molecule has 138 valence electrons. The van der Waals surface area contributed by atoms with E-state index < -0.39 is 11.1 Å². The van der Waals surface area contributed by atoms with Crippen LogP contribution >= 0.6 is 0 Å². The number of nitrogens with zero attached hydrogens (tertiary/aromatic N) is 3. The van der Waals surface area contributed by atoms with Crippen LogP contribution in [0.3, 0.4) is 0 Å². The number of carbonyl (C=O) groups is 2. The second-order valence-corrected chi connectivity index (χ2v) is 6.74. The summed E-state index contributed by atoms with van der Waals surface area (Å²) < 4.78 is 1.05. The van der Waals surface area contributed by atoms with Crippen molar-refractivity contribution in [2.75, 3.05) is 26.2 Å². The number of aromatic nitrogens is 2. The van der Waals surface area contributed by atoms with Crippen LogP contribution < -0.4 is 11.1 Å². The van der Waals surface area contributed by atoms with E-state index in [1.807, 2.05) is 13.8 Å². The maximum absolute atomic E-state index is 12.5. The summed E-state index contributed by atoms with van der Waals surface area (Å²) >= 11 is 0. The van der Waals surface area contributed by atoms with Crippen LogP contribution in [0, 0.1) is 5.92 Å². The van der Waals surface area contributed by atoms with E-state index in [1.54, 1.807) is 34.1 Å². The van der Waals surface area contributed by atoms with Gasteiger partial charge in [0.15, 0.2) is 0 Å². The number of amides is 2. The molecular formula is C18H22N4O4. The Kier molecular flexibility index (Phi) is 4.92. The molecule has 2 amide bonds. The van der Waals surface area contributed by atoms with Gasteiger partial charge in [-0.05, 0) is 12.1 Å². The number of nitrogens with one attached hydrogen (secondary N) is 1. The zero-order chi connectivity index (χ0) is 18.8. The van der Waals surface area contributed by atoms with E-state index in [4.69, 9.17) is 0 Å². The number of hydrogen-bond acceptors (Lipinski definition) is 4.